The van der Waals surface area contributed by atoms with Crippen LogP contribution in [-0.2, 0) is 6.54 Å². The Labute approximate surface area is 121 Å². The van der Waals surface area contributed by atoms with Gasteiger partial charge < -0.3 is 20.3 Å². The Morgan fingerprint density at radius 3 is 2.65 bits per heavy atom. The monoisotopic (exact) mass is 281 g/mol. The number of H-pyrrole nitrogens is 1. The zero-order valence-corrected chi connectivity index (χ0v) is 13.2. The van der Waals surface area contributed by atoms with Crippen molar-refractivity contribution in [3.05, 3.63) is 23.5 Å². The second-order valence-electron chi connectivity index (χ2n) is 6.42. The fraction of sp³-hybridized carbons (Fsp3) is 0.667. The lowest BCUT2D eigenvalue weighted by atomic mass is 9.87. The second kappa shape index (κ2) is 6.90. The van der Waals surface area contributed by atoms with Crippen molar-refractivity contribution in [3.63, 3.8) is 0 Å². The summed E-state index contributed by atoms with van der Waals surface area (Å²) in [6.07, 6.45) is 0.469. The number of hydrogen-bond donors (Lipinski definition) is 3. The summed E-state index contributed by atoms with van der Waals surface area (Å²) in [7, 11) is 3.47. The van der Waals surface area contributed by atoms with E-state index in [9.17, 15) is 9.90 Å². The number of aromatic nitrogens is 1. The number of aliphatic hydroxyl groups excluding tert-OH is 1. The van der Waals surface area contributed by atoms with E-state index in [4.69, 9.17) is 0 Å². The number of rotatable bonds is 7. The Balaban J connectivity index is 2.45. The zero-order chi connectivity index (χ0) is 15.3. The van der Waals surface area contributed by atoms with Gasteiger partial charge in [-0.05, 0) is 30.9 Å². The van der Waals surface area contributed by atoms with Crippen LogP contribution in [0.1, 0.15) is 43.4 Å². The van der Waals surface area contributed by atoms with Gasteiger partial charge in [-0.2, -0.15) is 0 Å². The average molecular weight is 281 g/mol. The molecule has 0 fully saturated rings. The van der Waals surface area contributed by atoms with Gasteiger partial charge >= 0.3 is 0 Å². The van der Waals surface area contributed by atoms with Crippen molar-refractivity contribution < 1.29 is 9.90 Å². The number of nitrogens with one attached hydrogen (secondary N) is 2. The Kier molecular flexibility index (Phi) is 5.77. The molecule has 0 radical (unpaired) electrons. The minimum absolute atomic E-state index is 0.0225. The van der Waals surface area contributed by atoms with Gasteiger partial charge in [-0.15, -0.1) is 0 Å². The maximum absolute atomic E-state index is 11.8. The first-order valence-corrected chi connectivity index (χ1v) is 6.99. The van der Waals surface area contributed by atoms with Crippen LogP contribution in [0, 0.1) is 5.41 Å². The number of hydrogen-bond acceptors (Lipinski definition) is 3. The van der Waals surface area contributed by atoms with Crippen LogP contribution in [0.4, 0.5) is 0 Å². The minimum Gasteiger partial charge on any atom is -0.393 e. The molecule has 1 heterocycles. The molecule has 0 bridgehead atoms. The Morgan fingerprint density at radius 2 is 2.10 bits per heavy atom. The molecule has 0 saturated carbocycles. The fourth-order valence-corrected chi connectivity index (χ4v) is 2.32. The Bertz CT molecular complexity index is 436. The van der Waals surface area contributed by atoms with E-state index in [1.54, 1.807) is 25.1 Å². The van der Waals surface area contributed by atoms with Crippen molar-refractivity contribution in [1.29, 1.82) is 0 Å². The van der Waals surface area contributed by atoms with Crippen molar-refractivity contribution in [2.24, 2.45) is 5.41 Å². The van der Waals surface area contributed by atoms with Gasteiger partial charge in [0.15, 0.2) is 0 Å². The first-order chi connectivity index (χ1) is 9.21. The number of carbonyl (C=O) groups is 1. The predicted octanol–water partition coefficient (Wildman–Crippen LogP) is 1.60. The fourth-order valence-electron chi connectivity index (χ4n) is 2.32. The topological polar surface area (TPSA) is 68.4 Å². The van der Waals surface area contributed by atoms with Crippen molar-refractivity contribution in [3.8, 4) is 0 Å². The molecular formula is C15H27N3O2. The normalized spacial score (nSPS) is 13.3. The van der Waals surface area contributed by atoms with Crippen molar-refractivity contribution >= 4 is 5.91 Å². The van der Waals surface area contributed by atoms with Gasteiger partial charge in [0.25, 0.3) is 5.91 Å². The summed E-state index contributed by atoms with van der Waals surface area (Å²) in [6.45, 7) is 7.56. The van der Waals surface area contributed by atoms with Crippen LogP contribution in [0.15, 0.2) is 12.1 Å². The van der Waals surface area contributed by atoms with Crippen LogP contribution in [0.3, 0.4) is 0 Å². The van der Waals surface area contributed by atoms with Gasteiger partial charge in [-0.1, -0.05) is 13.8 Å². The highest BCUT2D eigenvalue weighted by molar-refractivity contribution is 5.92. The molecule has 20 heavy (non-hydrogen) atoms. The lowest BCUT2D eigenvalue weighted by molar-refractivity contribution is 0.0822. The van der Waals surface area contributed by atoms with E-state index in [-0.39, 0.29) is 17.4 Å². The third-order valence-electron chi connectivity index (χ3n) is 3.15. The van der Waals surface area contributed by atoms with E-state index in [0.717, 1.165) is 18.7 Å². The number of nitrogens with zero attached hydrogens (tertiary/aromatic N) is 1. The molecule has 0 aliphatic heterocycles. The summed E-state index contributed by atoms with van der Waals surface area (Å²) >= 11 is 0. The molecule has 1 aromatic heterocycles. The first-order valence-electron chi connectivity index (χ1n) is 6.99. The molecule has 1 aromatic rings. The summed E-state index contributed by atoms with van der Waals surface area (Å²) in [5.41, 5.74) is 1.64. The van der Waals surface area contributed by atoms with Crippen molar-refractivity contribution in [1.82, 2.24) is 15.2 Å². The molecule has 3 N–H and O–H groups in total. The summed E-state index contributed by atoms with van der Waals surface area (Å²) in [6, 6.07) is 3.73. The molecule has 114 valence electrons. The molecule has 1 unspecified atom stereocenters. The predicted molar refractivity (Wildman–Crippen MR) is 80.6 cm³/mol. The van der Waals surface area contributed by atoms with Gasteiger partial charge in [0, 0.05) is 32.9 Å². The standard InChI is InChI=1S/C15H27N3O2/c1-11(19)8-15(2,3)10-16-9-12-6-7-13(17-12)14(20)18(4)5/h6-7,11,16-17,19H,8-10H2,1-5H3. The Hall–Kier alpha value is -1.33. The van der Waals surface area contributed by atoms with Gasteiger partial charge in [0.2, 0.25) is 0 Å². The van der Waals surface area contributed by atoms with Crippen LogP contribution < -0.4 is 5.32 Å². The van der Waals surface area contributed by atoms with Gasteiger partial charge in [0.1, 0.15) is 5.69 Å². The van der Waals surface area contributed by atoms with Crippen molar-refractivity contribution in [2.75, 3.05) is 20.6 Å². The van der Waals surface area contributed by atoms with E-state index < -0.39 is 0 Å². The molecule has 1 rings (SSSR count). The van der Waals surface area contributed by atoms with Gasteiger partial charge in [-0.25, -0.2) is 0 Å². The molecule has 5 heteroatoms. The number of amides is 1. The van der Waals surface area contributed by atoms with Crippen LogP contribution >= 0.6 is 0 Å². The lowest BCUT2D eigenvalue weighted by Gasteiger charge is -2.26. The average Bonchev–Trinajstić information content (AvgIpc) is 2.74. The first kappa shape index (κ1) is 16.7. The van der Waals surface area contributed by atoms with Crippen LogP contribution in [0.25, 0.3) is 0 Å². The van der Waals surface area contributed by atoms with E-state index in [1.807, 2.05) is 13.0 Å². The molecule has 0 aromatic carbocycles. The lowest BCUT2D eigenvalue weighted by Crippen LogP contribution is -2.31. The molecule has 1 atom stereocenters. The minimum atomic E-state index is -0.290. The Morgan fingerprint density at radius 1 is 1.45 bits per heavy atom. The number of carbonyl (C=O) groups excluding carboxylic acids is 1. The third kappa shape index (κ3) is 5.35. The molecule has 0 spiro atoms. The zero-order valence-electron chi connectivity index (χ0n) is 13.2. The summed E-state index contributed by atoms with van der Waals surface area (Å²) in [5, 5.41) is 12.8. The van der Waals surface area contributed by atoms with E-state index in [2.05, 4.69) is 24.1 Å². The van der Waals surface area contributed by atoms with Crippen molar-refractivity contribution in [2.45, 2.75) is 39.8 Å². The molecule has 0 aliphatic rings. The maximum atomic E-state index is 11.8. The molecule has 1 amide bonds. The molecule has 0 saturated heterocycles. The van der Waals surface area contributed by atoms with Crippen LogP contribution in [0.2, 0.25) is 0 Å². The van der Waals surface area contributed by atoms with Crippen LogP contribution in [0.5, 0.6) is 0 Å². The molecule has 5 nitrogen and oxygen atoms in total. The van der Waals surface area contributed by atoms with Gasteiger partial charge in [-0.3, -0.25) is 4.79 Å². The number of aliphatic hydroxyl groups is 1. The van der Waals surface area contributed by atoms with Crippen LogP contribution in [-0.4, -0.2) is 47.6 Å². The second-order valence-corrected chi connectivity index (χ2v) is 6.42. The van der Waals surface area contributed by atoms with E-state index >= 15 is 0 Å². The smallest absolute Gasteiger partial charge is 0.269 e. The third-order valence-corrected chi connectivity index (χ3v) is 3.15. The quantitative estimate of drug-likeness (QED) is 0.711. The summed E-state index contributed by atoms with van der Waals surface area (Å²) in [4.78, 5) is 16.4. The summed E-state index contributed by atoms with van der Waals surface area (Å²) in [5.74, 6) is -0.0225. The SMILES string of the molecule is CC(O)CC(C)(C)CNCc1ccc(C(=O)N(C)C)[nH]1. The van der Waals surface area contributed by atoms with Gasteiger partial charge in [0.05, 0.1) is 6.10 Å². The molecule has 0 aliphatic carbocycles. The van der Waals surface area contributed by atoms with E-state index in [0.29, 0.717) is 12.2 Å². The summed E-state index contributed by atoms with van der Waals surface area (Å²) < 4.78 is 0. The maximum Gasteiger partial charge on any atom is 0.269 e. The molecular weight excluding hydrogens is 254 g/mol. The highest BCUT2D eigenvalue weighted by Gasteiger charge is 2.19. The number of aromatic amines is 1. The highest BCUT2D eigenvalue weighted by Crippen LogP contribution is 2.21. The highest BCUT2D eigenvalue weighted by atomic mass is 16.3. The largest absolute Gasteiger partial charge is 0.393 e. The van der Waals surface area contributed by atoms with E-state index in [1.165, 1.54) is 0 Å².